The number of aromatic nitrogens is 1. The van der Waals surface area contributed by atoms with Crippen molar-refractivity contribution in [2.24, 2.45) is 0 Å². The second-order valence-electron chi connectivity index (χ2n) is 7.48. The van der Waals surface area contributed by atoms with Crippen LogP contribution in [0.1, 0.15) is 22.9 Å². The van der Waals surface area contributed by atoms with E-state index in [9.17, 15) is 4.79 Å². The fourth-order valence-electron chi connectivity index (χ4n) is 4.05. The van der Waals surface area contributed by atoms with Gasteiger partial charge in [0.05, 0.1) is 33.1 Å². The third-order valence-corrected chi connectivity index (χ3v) is 5.61. The molecule has 2 aromatic carbocycles. The number of carbonyl (C=O) groups is 1. The minimum absolute atomic E-state index is 0.175. The number of ether oxygens (including phenoxy) is 3. The standard InChI is InChI=1S/C24H27N3O4/c1-16-7-9-17(10-8-16)22-19-6-5-11-26(19)12-13-27(22)24(28)25-18-14-20(29-2)23(31-4)21(15-18)30-3/h5-11,14-15,22H,12-13H2,1-4H3,(H,25,28)/t22-/m1/s1. The largest absolute Gasteiger partial charge is 0.493 e. The number of hydrogen-bond acceptors (Lipinski definition) is 4. The van der Waals surface area contributed by atoms with E-state index in [0.717, 1.165) is 17.8 Å². The first-order valence-corrected chi connectivity index (χ1v) is 10.1. The van der Waals surface area contributed by atoms with Crippen molar-refractivity contribution in [3.8, 4) is 17.2 Å². The Morgan fingerprint density at radius 3 is 2.26 bits per heavy atom. The van der Waals surface area contributed by atoms with Crippen LogP contribution < -0.4 is 19.5 Å². The zero-order valence-electron chi connectivity index (χ0n) is 18.2. The summed E-state index contributed by atoms with van der Waals surface area (Å²) in [5, 5.41) is 3.01. The van der Waals surface area contributed by atoms with Gasteiger partial charge in [-0.3, -0.25) is 0 Å². The van der Waals surface area contributed by atoms with Crippen LogP contribution >= 0.6 is 0 Å². The molecule has 0 saturated carbocycles. The van der Waals surface area contributed by atoms with Gasteiger partial charge in [-0.15, -0.1) is 0 Å². The maximum Gasteiger partial charge on any atom is 0.322 e. The summed E-state index contributed by atoms with van der Waals surface area (Å²) in [6.07, 6.45) is 2.06. The molecule has 0 fully saturated rings. The van der Waals surface area contributed by atoms with E-state index in [-0.39, 0.29) is 12.1 Å². The Labute approximate surface area is 182 Å². The van der Waals surface area contributed by atoms with Crippen LogP contribution in [0.25, 0.3) is 0 Å². The average molecular weight is 421 g/mol. The van der Waals surface area contributed by atoms with Crippen molar-refractivity contribution in [3.05, 3.63) is 71.5 Å². The van der Waals surface area contributed by atoms with Crippen LogP contribution in [0.15, 0.2) is 54.7 Å². The molecule has 1 atom stereocenters. The molecule has 2 amide bonds. The SMILES string of the molecule is COc1cc(NC(=O)N2CCn3cccc3[C@H]2c2ccc(C)cc2)cc(OC)c1OC. The quantitative estimate of drug-likeness (QED) is 0.661. The minimum Gasteiger partial charge on any atom is -0.493 e. The molecule has 2 heterocycles. The van der Waals surface area contributed by atoms with E-state index in [2.05, 4.69) is 53.3 Å². The van der Waals surface area contributed by atoms with Gasteiger partial charge in [0.25, 0.3) is 0 Å². The molecular weight excluding hydrogens is 394 g/mol. The molecule has 7 heteroatoms. The summed E-state index contributed by atoms with van der Waals surface area (Å²) >= 11 is 0. The highest BCUT2D eigenvalue weighted by atomic mass is 16.5. The number of benzene rings is 2. The first kappa shape index (κ1) is 20.7. The van der Waals surface area contributed by atoms with Gasteiger partial charge in [0.2, 0.25) is 5.75 Å². The van der Waals surface area contributed by atoms with Crippen LogP contribution in [0.3, 0.4) is 0 Å². The maximum absolute atomic E-state index is 13.4. The van der Waals surface area contributed by atoms with E-state index < -0.39 is 0 Å². The van der Waals surface area contributed by atoms with Crippen LogP contribution in [0, 0.1) is 6.92 Å². The normalized spacial score (nSPS) is 15.2. The van der Waals surface area contributed by atoms with Crippen molar-refractivity contribution < 1.29 is 19.0 Å². The Balaban J connectivity index is 1.66. The number of aryl methyl sites for hydroxylation is 1. The van der Waals surface area contributed by atoms with Gasteiger partial charge in [0.1, 0.15) is 0 Å². The molecular formula is C24H27N3O4. The zero-order valence-corrected chi connectivity index (χ0v) is 18.2. The Morgan fingerprint density at radius 1 is 0.968 bits per heavy atom. The van der Waals surface area contributed by atoms with Crippen molar-refractivity contribution in [2.45, 2.75) is 19.5 Å². The molecule has 7 nitrogen and oxygen atoms in total. The van der Waals surface area contributed by atoms with E-state index in [1.54, 1.807) is 33.5 Å². The van der Waals surface area contributed by atoms with Crippen molar-refractivity contribution in [1.29, 1.82) is 0 Å². The Morgan fingerprint density at radius 2 is 1.65 bits per heavy atom. The Kier molecular flexibility index (Phi) is 5.75. The summed E-state index contributed by atoms with van der Waals surface area (Å²) in [6, 6.07) is 15.5. The lowest BCUT2D eigenvalue weighted by Gasteiger charge is -2.37. The summed E-state index contributed by atoms with van der Waals surface area (Å²) in [5.41, 5.74) is 3.92. The predicted octanol–water partition coefficient (Wildman–Crippen LogP) is 4.46. The number of anilines is 1. The van der Waals surface area contributed by atoms with Crippen molar-refractivity contribution in [3.63, 3.8) is 0 Å². The highest BCUT2D eigenvalue weighted by Gasteiger charge is 2.32. The number of methoxy groups -OCH3 is 3. The molecule has 1 aliphatic heterocycles. The van der Waals surface area contributed by atoms with Gasteiger partial charge in [0.15, 0.2) is 11.5 Å². The zero-order chi connectivity index (χ0) is 22.0. The fraction of sp³-hybridized carbons (Fsp3) is 0.292. The highest BCUT2D eigenvalue weighted by Crippen LogP contribution is 2.40. The molecule has 0 aliphatic carbocycles. The summed E-state index contributed by atoms with van der Waals surface area (Å²) in [5.74, 6) is 1.45. The minimum atomic E-state index is -0.188. The Bertz CT molecular complexity index is 1050. The second kappa shape index (κ2) is 8.63. The van der Waals surface area contributed by atoms with Crippen LogP contribution in [0.2, 0.25) is 0 Å². The fourth-order valence-corrected chi connectivity index (χ4v) is 4.05. The molecule has 4 rings (SSSR count). The third kappa shape index (κ3) is 3.91. The molecule has 1 N–H and O–H groups in total. The van der Waals surface area contributed by atoms with Crippen LogP contribution in [-0.2, 0) is 6.54 Å². The molecule has 3 aromatic rings. The maximum atomic E-state index is 13.4. The van der Waals surface area contributed by atoms with E-state index >= 15 is 0 Å². The van der Waals surface area contributed by atoms with Gasteiger partial charge in [-0.25, -0.2) is 4.79 Å². The van der Waals surface area contributed by atoms with E-state index in [1.807, 2.05) is 11.0 Å². The number of fused-ring (bicyclic) bond motifs is 1. The molecule has 31 heavy (non-hydrogen) atoms. The van der Waals surface area contributed by atoms with E-state index in [0.29, 0.717) is 29.5 Å². The third-order valence-electron chi connectivity index (χ3n) is 5.61. The summed E-state index contributed by atoms with van der Waals surface area (Å²) in [7, 11) is 4.65. The van der Waals surface area contributed by atoms with Gasteiger partial charge < -0.3 is 29.0 Å². The molecule has 0 spiro atoms. The van der Waals surface area contributed by atoms with Gasteiger partial charge in [0, 0.05) is 37.1 Å². The summed E-state index contributed by atoms with van der Waals surface area (Å²) in [4.78, 5) is 15.3. The molecule has 0 radical (unpaired) electrons. The van der Waals surface area contributed by atoms with Crippen LogP contribution in [-0.4, -0.2) is 43.4 Å². The molecule has 0 bridgehead atoms. The van der Waals surface area contributed by atoms with Crippen LogP contribution in [0.5, 0.6) is 17.2 Å². The first-order chi connectivity index (χ1) is 15.0. The lowest BCUT2D eigenvalue weighted by molar-refractivity contribution is 0.182. The predicted molar refractivity (Wildman–Crippen MR) is 119 cm³/mol. The average Bonchev–Trinajstić information content (AvgIpc) is 3.27. The molecule has 0 unspecified atom stereocenters. The number of carbonyl (C=O) groups excluding carboxylic acids is 1. The highest BCUT2D eigenvalue weighted by molar-refractivity contribution is 5.91. The molecule has 0 saturated heterocycles. The second-order valence-corrected chi connectivity index (χ2v) is 7.48. The molecule has 1 aliphatic rings. The number of hydrogen-bond donors (Lipinski definition) is 1. The number of amides is 2. The van der Waals surface area contributed by atoms with Gasteiger partial charge in [-0.2, -0.15) is 0 Å². The molecule has 1 aromatic heterocycles. The number of urea groups is 1. The van der Waals surface area contributed by atoms with E-state index in [1.165, 1.54) is 5.56 Å². The van der Waals surface area contributed by atoms with Crippen molar-refractivity contribution in [1.82, 2.24) is 9.47 Å². The topological polar surface area (TPSA) is 65.0 Å². The van der Waals surface area contributed by atoms with Crippen molar-refractivity contribution >= 4 is 11.7 Å². The van der Waals surface area contributed by atoms with Crippen molar-refractivity contribution in [2.75, 3.05) is 33.2 Å². The number of rotatable bonds is 5. The lowest BCUT2D eigenvalue weighted by atomic mass is 9.99. The van der Waals surface area contributed by atoms with Gasteiger partial charge in [-0.05, 0) is 24.6 Å². The lowest BCUT2D eigenvalue weighted by Crippen LogP contribution is -2.44. The van der Waals surface area contributed by atoms with Gasteiger partial charge in [-0.1, -0.05) is 29.8 Å². The molecule has 162 valence electrons. The van der Waals surface area contributed by atoms with E-state index in [4.69, 9.17) is 14.2 Å². The number of nitrogens with zero attached hydrogens (tertiary/aromatic N) is 2. The summed E-state index contributed by atoms with van der Waals surface area (Å²) < 4.78 is 18.4. The monoisotopic (exact) mass is 421 g/mol. The Hall–Kier alpha value is -3.61. The smallest absolute Gasteiger partial charge is 0.322 e. The number of nitrogens with one attached hydrogen (secondary N) is 1. The first-order valence-electron chi connectivity index (χ1n) is 10.1. The van der Waals surface area contributed by atoms with Crippen LogP contribution in [0.4, 0.5) is 10.5 Å². The summed E-state index contributed by atoms with van der Waals surface area (Å²) in [6.45, 7) is 3.39. The van der Waals surface area contributed by atoms with Gasteiger partial charge >= 0.3 is 6.03 Å².